The Balaban J connectivity index is 2.01. The molecule has 4 atom stereocenters. The molecule has 1 saturated heterocycles. The van der Waals surface area contributed by atoms with Crippen molar-refractivity contribution in [2.24, 2.45) is 0 Å². The minimum absolute atomic E-state index is 0.0451. The number of aromatic nitrogens is 2. The molecule has 1 aliphatic rings. The number of hydrogen-bond acceptors (Lipinski definition) is 7. The second-order valence-corrected chi connectivity index (χ2v) is 5.66. The Morgan fingerprint density at radius 1 is 1.20 bits per heavy atom. The van der Waals surface area contributed by atoms with Crippen molar-refractivity contribution in [3.05, 3.63) is 64.3 Å². The third-order valence-electron chi connectivity index (χ3n) is 3.99. The fraction of sp³-hybridized carbons (Fsp3) is 0.294. The molecule has 4 N–H and O–H groups in total. The van der Waals surface area contributed by atoms with E-state index in [1.807, 2.05) is 0 Å². The molecule has 132 valence electrons. The zero-order valence-electron chi connectivity index (χ0n) is 13.1. The molecule has 1 aromatic carbocycles. The van der Waals surface area contributed by atoms with E-state index in [0.29, 0.717) is 5.56 Å². The van der Waals surface area contributed by atoms with Gasteiger partial charge in [0.25, 0.3) is 5.56 Å². The summed E-state index contributed by atoms with van der Waals surface area (Å²) in [5, 5.41) is 39.5. The standard InChI is InChI=1S/C17H18N2O6/c20-9-12-15(23)16(24)17(25-12)19-7-6-14(22)18-13(19)8-11(21)10-4-2-1-3-5-10/h1-8,12,15-17,20-21,23-24H,9H2/b11-8+/t12-,15+,16+,17+/m0/s1. The lowest BCUT2D eigenvalue weighted by atomic mass is 10.1. The number of aliphatic hydroxyl groups is 4. The molecule has 0 saturated carbocycles. The van der Waals surface area contributed by atoms with Crippen molar-refractivity contribution in [1.29, 1.82) is 0 Å². The smallest absolute Gasteiger partial charge is 0.273 e. The predicted molar refractivity (Wildman–Crippen MR) is 88.4 cm³/mol. The Bertz CT molecular complexity index is 819. The summed E-state index contributed by atoms with van der Waals surface area (Å²) in [5.41, 5.74) is -0.0107. The average Bonchev–Trinajstić information content (AvgIpc) is 2.91. The molecule has 0 aliphatic carbocycles. The highest BCUT2D eigenvalue weighted by molar-refractivity contribution is 5.74. The summed E-state index contributed by atoms with van der Waals surface area (Å²) in [6.07, 6.45) is -2.01. The minimum Gasteiger partial charge on any atom is -0.507 e. The summed E-state index contributed by atoms with van der Waals surface area (Å²) in [5.74, 6) is -0.0807. The zero-order valence-corrected chi connectivity index (χ0v) is 13.1. The van der Waals surface area contributed by atoms with Crippen LogP contribution in [0.25, 0.3) is 11.8 Å². The zero-order chi connectivity index (χ0) is 18.0. The Morgan fingerprint density at radius 3 is 2.56 bits per heavy atom. The number of aliphatic hydroxyl groups excluding tert-OH is 4. The quantitative estimate of drug-likeness (QED) is 0.570. The van der Waals surface area contributed by atoms with E-state index in [-0.39, 0.29) is 11.6 Å². The summed E-state index contributed by atoms with van der Waals surface area (Å²) in [6.45, 7) is -0.469. The Kier molecular flexibility index (Phi) is 4.95. The van der Waals surface area contributed by atoms with Gasteiger partial charge < -0.3 is 29.7 Å². The van der Waals surface area contributed by atoms with Gasteiger partial charge in [-0.1, -0.05) is 30.3 Å². The van der Waals surface area contributed by atoms with Crippen molar-refractivity contribution < 1.29 is 25.2 Å². The SMILES string of the molecule is O=c1ccn([C@@H]2O[C@@H](CO)[C@@H](O)[C@H]2O)c(/C=C(/O)c2ccccc2)n1. The molecule has 1 fully saturated rings. The van der Waals surface area contributed by atoms with E-state index in [1.54, 1.807) is 30.3 Å². The maximum atomic E-state index is 11.6. The van der Waals surface area contributed by atoms with Gasteiger partial charge in [-0.25, -0.2) is 0 Å². The van der Waals surface area contributed by atoms with Crippen LogP contribution in [0.5, 0.6) is 0 Å². The van der Waals surface area contributed by atoms with Gasteiger partial charge >= 0.3 is 0 Å². The van der Waals surface area contributed by atoms with E-state index in [0.717, 1.165) is 0 Å². The number of hydrogen-bond donors (Lipinski definition) is 4. The van der Waals surface area contributed by atoms with Crippen LogP contribution in [-0.4, -0.2) is 54.9 Å². The fourth-order valence-corrected chi connectivity index (χ4v) is 2.67. The molecule has 0 amide bonds. The molecule has 1 aromatic heterocycles. The molecule has 2 heterocycles. The fourth-order valence-electron chi connectivity index (χ4n) is 2.67. The number of nitrogens with zero attached hydrogens (tertiary/aromatic N) is 2. The summed E-state index contributed by atoms with van der Waals surface area (Å²) in [7, 11) is 0. The van der Waals surface area contributed by atoms with Gasteiger partial charge in [-0.05, 0) is 0 Å². The third-order valence-corrected chi connectivity index (χ3v) is 3.99. The van der Waals surface area contributed by atoms with Gasteiger partial charge in [0.05, 0.1) is 6.61 Å². The largest absolute Gasteiger partial charge is 0.507 e. The second-order valence-electron chi connectivity index (χ2n) is 5.66. The molecule has 8 heteroatoms. The Hall–Kier alpha value is -2.52. The van der Waals surface area contributed by atoms with E-state index in [2.05, 4.69) is 4.98 Å². The molecule has 0 spiro atoms. The first-order valence-electron chi connectivity index (χ1n) is 7.69. The number of benzene rings is 1. The normalized spacial score (nSPS) is 26.8. The van der Waals surface area contributed by atoms with Crippen LogP contribution in [-0.2, 0) is 4.74 Å². The van der Waals surface area contributed by atoms with Crippen LogP contribution < -0.4 is 5.56 Å². The molecule has 1 aliphatic heterocycles. The van der Waals surface area contributed by atoms with E-state index < -0.39 is 36.7 Å². The maximum absolute atomic E-state index is 11.6. The number of rotatable bonds is 4. The second kappa shape index (κ2) is 7.16. The van der Waals surface area contributed by atoms with Crippen LogP contribution in [0.1, 0.15) is 17.6 Å². The first-order chi connectivity index (χ1) is 12.0. The highest BCUT2D eigenvalue weighted by atomic mass is 16.6. The molecular formula is C17H18N2O6. The van der Waals surface area contributed by atoms with Crippen molar-refractivity contribution in [3.8, 4) is 0 Å². The van der Waals surface area contributed by atoms with Gasteiger partial charge in [0.2, 0.25) is 0 Å². The van der Waals surface area contributed by atoms with Crippen molar-refractivity contribution >= 4 is 11.8 Å². The van der Waals surface area contributed by atoms with Crippen molar-refractivity contribution in [1.82, 2.24) is 9.55 Å². The Morgan fingerprint density at radius 2 is 1.92 bits per heavy atom. The summed E-state index contributed by atoms with van der Waals surface area (Å²) >= 11 is 0. The lowest BCUT2D eigenvalue weighted by Crippen LogP contribution is -2.33. The maximum Gasteiger partial charge on any atom is 0.273 e. The topological polar surface area (TPSA) is 125 Å². The lowest BCUT2D eigenvalue weighted by Gasteiger charge is -2.20. The van der Waals surface area contributed by atoms with Gasteiger partial charge in [-0.3, -0.25) is 4.79 Å². The lowest BCUT2D eigenvalue weighted by molar-refractivity contribution is -0.0537. The van der Waals surface area contributed by atoms with Crippen LogP contribution in [0.15, 0.2) is 47.4 Å². The molecule has 2 aromatic rings. The molecule has 0 unspecified atom stereocenters. The van der Waals surface area contributed by atoms with E-state index in [1.165, 1.54) is 22.9 Å². The van der Waals surface area contributed by atoms with Gasteiger partial charge in [-0.15, -0.1) is 0 Å². The highest BCUT2D eigenvalue weighted by Gasteiger charge is 2.43. The van der Waals surface area contributed by atoms with Crippen LogP contribution in [0.4, 0.5) is 0 Å². The molecule has 0 bridgehead atoms. The van der Waals surface area contributed by atoms with Crippen molar-refractivity contribution in [2.45, 2.75) is 24.5 Å². The van der Waals surface area contributed by atoms with Crippen LogP contribution in [0.3, 0.4) is 0 Å². The summed E-state index contributed by atoms with van der Waals surface area (Å²) in [6, 6.07) is 9.83. The van der Waals surface area contributed by atoms with Crippen molar-refractivity contribution in [2.75, 3.05) is 6.61 Å². The first-order valence-corrected chi connectivity index (χ1v) is 7.69. The third kappa shape index (κ3) is 3.47. The highest BCUT2D eigenvalue weighted by Crippen LogP contribution is 2.30. The van der Waals surface area contributed by atoms with Gasteiger partial charge in [0.15, 0.2) is 6.23 Å². The molecule has 25 heavy (non-hydrogen) atoms. The average molecular weight is 346 g/mol. The molecule has 0 radical (unpaired) electrons. The van der Waals surface area contributed by atoms with Crippen molar-refractivity contribution in [3.63, 3.8) is 0 Å². The van der Waals surface area contributed by atoms with Crippen LogP contribution >= 0.6 is 0 Å². The van der Waals surface area contributed by atoms with Gasteiger partial charge in [0, 0.05) is 23.9 Å². The summed E-state index contributed by atoms with van der Waals surface area (Å²) < 4.78 is 6.77. The molecule has 3 rings (SSSR count). The van der Waals surface area contributed by atoms with E-state index >= 15 is 0 Å². The molecular weight excluding hydrogens is 328 g/mol. The monoisotopic (exact) mass is 346 g/mol. The van der Waals surface area contributed by atoms with Crippen LogP contribution in [0, 0.1) is 0 Å². The first kappa shape index (κ1) is 17.3. The van der Waals surface area contributed by atoms with Gasteiger partial charge in [0.1, 0.15) is 29.9 Å². The summed E-state index contributed by atoms with van der Waals surface area (Å²) in [4.78, 5) is 15.4. The Labute approximate surface area is 142 Å². The minimum atomic E-state index is -1.33. The predicted octanol–water partition coefficient (Wildman–Crippen LogP) is -0.0891. The van der Waals surface area contributed by atoms with E-state index in [4.69, 9.17) is 4.74 Å². The van der Waals surface area contributed by atoms with Crippen LogP contribution in [0.2, 0.25) is 0 Å². The number of ether oxygens (including phenoxy) is 1. The molecule has 8 nitrogen and oxygen atoms in total. The van der Waals surface area contributed by atoms with E-state index in [9.17, 15) is 25.2 Å². The van der Waals surface area contributed by atoms with Gasteiger partial charge in [-0.2, -0.15) is 4.98 Å².